The Bertz CT molecular complexity index is 997. The van der Waals surface area contributed by atoms with E-state index in [-0.39, 0.29) is 18.7 Å². The number of carbonyl (C=O) groups is 1. The van der Waals surface area contributed by atoms with Gasteiger partial charge in [0.15, 0.2) is 11.6 Å². The molecule has 8 nitrogen and oxygen atoms in total. The van der Waals surface area contributed by atoms with Crippen LogP contribution in [0.25, 0.3) is 0 Å². The summed E-state index contributed by atoms with van der Waals surface area (Å²) in [6.45, 7) is 1.18. The van der Waals surface area contributed by atoms with Gasteiger partial charge in [0.2, 0.25) is 10.0 Å². The molecule has 1 N–H and O–H groups in total. The second kappa shape index (κ2) is 8.85. The number of nitrogens with one attached hydrogen (secondary N) is 1. The number of esters is 1. The number of rotatable bonds is 8. The van der Waals surface area contributed by atoms with E-state index < -0.39 is 43.5 Å². The molecule has 0 aromatic heterocycles. The fourth-order valence-corrected chi connectivity index (χ4v) is 3.27. The summed E-state index contributed by atoms with van der Waals surface area (Å²) in [5, 5.41) is 10.8. The number of hydrogen-bond donors (Lipinski definition) is 1. The molecular formula is C17H16F2N2O6S. The number of carbonyl (C=O) groups excluding carboxylic acids is 1. The first-order valence-electron chi connectivity index (χ1n) is 7.98. The van der Waals surface area contributed by atoms with Gasteiger partial charge in [-0.15, -0.1) is 0 Å². The van der Waals surface area contributed by atoms with Crippen molar-refractivity contribution < 1.29 is 31.7 Å². The maximum Gasteiger partial charge on any atom is 0.307 e. The average Bonchev–Trinajstić information content (AvgIpc) is 2.63. The lowest BCUT2D eigenvalue weighted by Crippen LogP contribution is -2.27. The Labute approximate surface area is 159 Å². The number of non-ortho nitro benzene ring substituents is 1. The van der Waals surface area contributed by atoms with E-state index in [2.05, 4.69) is 4.72 Å². The zero-order valence-electron chi connectivity index (χ0n) is 14.6. The normalized spacial score (nSPS) is 12.4. The fourth-order valence-electron chi connectivity index (χ4n) is 2.23. The summed E-state index contributed by atoms with van der Waals surface area (Å²) in [7, 11) is -4.13. The highest BCUT2D eigenvalue weighted by atomic mass is 32.2. The van der Waals surface area contributed by atoms with Gasteiger partial charge in [-0.3, -0.25) is 14.9 Å². The van der Waals surface area contributed by atoms with E-state index in [1.165, 1.54) is 25.1 Å². The third-order valence-corrected chi connectivity index (χ3v) is 5.14. The number of benzene rings is 2. The van der Waals surface area contributed by atoms with Gasteiger partial charge in [0.05, 0.1) is 16.2 Å². The Morgan fingerprint density at radius 1 is 1.21 bits per heavy atom. The molecule has 150 valence electrons. The third-order valence-electron chi connectivity index (χ3n) is 3.68. The number of nitrogens with zero attached hydrogens (tertiary/aromatic N) is 1. The topological polar surface area (TPSA) is 116 Å². The molecule has 0 saturated heterocycles. The summed E-state index contributed by atoms with van der Waals surface area (Å²) in [5.41, 5.74) is 0.254. The molecule has 0 aliphatic heterocycles. The molecule has 11 heteroatoms. The van der Waals surface area contributed by atoms with Crippen molar-refractivity contribution >= 4 is 21.7 Å². The van der Waals surface area contributed by atoms with Crippen LogP contribution >= 0.6 is 0 Å². The summed E-state index contributed by atoms with van der Waals surface area (Å²) in [5.74, 6) is -3.24. The van der Waals surface area contributed by atoms with Crippen LogP contribution < -0.4 is 4.72 Å². The minimum absolute atomic E-state index is 0.153. The zero-order chi connectivity index (χ0) is 20.9. The van der Waals surface area contributed by atoms with Gasteiger partial charge in [0.1, 0.15) is 6.10 Å². The molecule has 2 aromatic rings. The maximum atomic E-state index is 13.2. The number of hydrogen-bond acceptors (Lipinski definition) is 6. The SMILES string of the molecule is C[C@@H](OC(=O)CCNS(=O)(=O)c1ccc(F)c(F)c1)c1cccc([N+](=O)[O-])c1. The molecule has 0 fully saturated rings. The molecule has 0 radical (unpaired) electrons. The lowest BCUT2D eigenvalue weighted by Gasteiger charge is -2.14. The third kappa shape index (κ3) is 5.54. The molecule has 0 aliphatic carbocycles. The highest BCUT2D eigenvalue weighted by Crippen LogP contribution is 2.22. The molecule has 0 heterocycles. The van der Waals surface area contributed by atoms with Crippen molar-refractivity contribution in [3.8, 4) is 0 Å². The maximum absolute atomic E-state index is 13.2. The van der Waals surface area contributed by atoms with Gasteiger partial charge in [0.25, 0.3) is 5.69 Å². The summed E-state index contributed by atoms with van der Waals surface area (Å²) in [4.78, 5) is 21.6. The largest absolute Gasteiger partial charge is 0.458 e. The predicted molar refractivity (Wildman–Crippen MR) is 93.8 cm³/mol. The van der Waals surface area contributed by atoms with E-state index >= 15 is 0 Å². The van der Waals surface area contributed by atoms with Crippen LogP contribution in [-0.4, -0.2) is 25.9 Å². The quantitative estimate of drug-likeness (QED) is 0.403. The van der Waals surface area contributed by atoms with Crippen LogP contribution in [0.3, 0.4) is 0 Å². The molecule has 0 unspecified atom stereocenters. The van der Waals surface area contributed by atoms with Gasteiger partial charge in [-0.2, -0.15) is 0 Å². The highest BCUT2D eigenvalue weighted by molar-refractivity contribution is 7.89. The van der Waals surface area contributed by atoms with Gasteiger partial charge in [-0.05, 0) is 30.7 Å². The molecule has 2 aromatic carbocycles. The van der Waals surface area contributed by atoms with Crippen molar-refractivity contribution in [2.24, 2.45) is 0 Å². The minimum Gasteiger partial charge on any atom is -0.458 e. The molecule has 2 rings (SSSR count). The van der Waals surface area contributed by atoms with Crippen molar-refractivity contribution in [3.63, 3.8) is 0 Å². The number of halogens is 2. The first-order chi connectivity index (χ1) is 13.1. The van der Waals surface area contributed by atoms with Gasteiger partial charge >= 0.3 is 5.97 Å². The second-order valence-corrected chi connectivity index (χ2v) is 7.47. The Balaban J connectivity index is 1.90. The first-order valence-corrected chi connectivity index (χ1v) is 9.47. The highest BCUT2D eigenvalue weighted by Gasteiger charge is 2.18. The fraction of sp³-hybridized carbons (Fsp3) is 0.235. The van der Waals surface area contributed by atoms with Crippen LogP contribution in [0.4, 0.5) is 14.5 Å². The molecule has 0 aliphatic rings. The smallest absolute Gasteiger partial charge is 0.307 e. The van der Waals surface area contributed by atoms with Crippen molar-refractivity contribution in [1.29, 1.82) is 0 Å². The van der Waals surface area contributed by atoms with Gasteiger partial charge in [-0.25, -0.2) is 21.9 Å². The van der Waals surface area contributed by atoms with E-state index in [0.29, 0.717) is 17.7 Å². The zero-order valence-corrected chi connectivity index (χ0v) is 15.4. The van der Waals surface area contributed by atoms with Gasteiger partial charge < -0.3 is 4.74 Å². The van der Waals surface area contributed by atoms with E-state index in [0.717, 1.165) is 6.07 Å². The lowest BCUT2D eigenvalue weighted by atomic mass is 10.1. The number of sulfonamides is 1. The van der Waals surface area contributed by atoms with E-state index in [1.54, 1.807) is 6.07 Å². The van der Waals surface area contributed by atoms with Crippen LogP contribution in [0.1, 0.15) is 25.0 Å². The summed E-state index contributed by atoms with van der Waals surface area (Å²) >= 11 is 0. The standard InChI is InChI=1S/C17H16F2N2O6S/c1-11(12-3-2-4-13(9-12)21(23)24)27-17(22)7-8-20-28(25,26)14-5-6-15(18)16(19)10-14/h2-6,9-11,20H,7-8H2,1H3/t11-/m1/s1. The van der Waals surface area contributed by atoms with Crippen LogP contribution in [-0.2, 0) is 19.6 Å². The second-order valence-electron chi connectivity index (χ2n) is 5.71. The lowest BCUT2D eigenvalue weighted by molar-refractivity contribution is -0.385. The number of ether oxygens (including phenoxy) is 1. The molecule has 0 bridgehead atoms. The Morgan fingerprint density at radius 2 is 1.93 bits per heavy atom. The van der Waals surface area contributed by atoms with Crippen LogP contribution in [0.15, 0.2) is 47.4 Å². The average molecular weight is 414 g/mol. The predicted octanol–water partition coefficient (Wildman–Crippen LogP) is 2.85. The molecular weight excluding hydrogens is 398 g/mol. The summed E-state index contributed by atoms with van der Waals surface area (Å²) in [6, 6.07) is 7.67. The van der Waals surface area contributed by atoms with E-state index in [9.17, 15) is 32.1 Å². The molecule has 0 saturated carbocycles. The Kier molecular flexibility index (Phi) is 6.75. The first kappa shape index (κ1) is 21.4. The van der Waals surface area contributed by atoms with Crippen LogP contribution in [0, 0.1) is 21.7 Å². The Hall–Kier alpha value is -2.92. The van der Waals surface area contributed by atoms with Crippen molar-refractivity contribution in [3.05, 3.63) is 69.8 Å². The summed E-state index contributed by atoms with van der Waals surface area (Å²) < 4.78 is 57.3. The molecule has 0 spiro atoms. The Morgan fingerprint density at radius 3 is 2.57 bits per heavy atom. The number of nitro benzene ring substituents is 1. The van der Waals surface area contributed by atoms with Gasteiger partial charge in [0, 0.05) is 18.7 Å². The monoisotopic (exact) mass is 414 g/mol. The van der Waals surface area contributed by atoms with E-state index in [1.807, 2.05) is 0 Å². The van der Waals surface area contributed by atoms with E-state index in [4.69, 9.17) is 4.74 Å². The van der Waals surface area contributed by atoms with Crippen LogP contribution in [0.5, 0.6) is 0 Å². The minimum atomic E-state index is -4.13. The van der Waals surface area contributed by atoms with Gasteiger partial charge in [-0.1, -0.05) is 12.1 Å². The molecule has 0 amide bonds. The molecule has 28 heavy (non-hydrogen) atoms. The van der Waals surface area contributed by atoms with Crippen molar-refractivity contribution in [2.45, 2.75) is 24.3 Å². The van der Waals surface area contributed by atoms with Crippen molar-refractivity contribution in [1.82, 2.24) is 4.72 Å². The van der Waals surface area contributed by atoms with Crippen LogP contribution in [0.2, 0.25) is 0 Å². The molecule has 1 atom stereocenters. The number of nitro groups is 1. The van der Waals surface area contributed by atoms with Crippen molar-refractivity contribution in [2.75, 3.05) is 6.54 Å². The summed E-state index contributed by atoms with van der Waals surface area (Å²) in [6.07, 6.45) is -1.11.